The van der Waals surface area contributed by atoms with Crippen LogP contribution < -0.4 is 0 Å². The molecule has 0 saturated heterocycles. The fourth-order valence-electron chi connectivity index (χ4n) is 0.0861. The first-order valence-electron chi connectivity index (χ1n) is 1.94. The third kappa shape index (κ3) is 3.15. The third-order valence-electron chi connectivity index (χ3n) is 0.495. The van der Waals surface area contributed by atoms with Crippen molar-refractivity contribution < 1.29 is 4.57 Å². The van der Waals surface area contributed by atoms with Crippen LogP contribution in [-0.4, -0.2) is 5.66 Å². The molecule has 1 unspecified atom stereocenters. The zero-order valence-corrected chi connectivity index (χ0v) is 6.78. The average Bonchev–Trinajstić information content (AvgIpc) is 1.65. The fourth-order valence-corrected chi connectivity index (χ4v) is 2.32. The Balaban J connectivity index is 4.11. The van der Waals surface area contributed by atoms with Crippen LogP contribution in [0.4, 0.5) is 0 Å². The molecule has 0 aliphatic heterocycles. The summed E-state index contributed by atoms with van der Waals surface area (Å²) in [6.07, 6.45) is 0. The first kappa shape index (κ1) is 7.54. The van der Waals surface area contributed by atoms with Crippen molar-refractivity contribution in [3.05, 3.63) is 0 Å². The molecule has 7 heavy (non-hydrogen) atoms. The van der Waals surface area contributed by atoms with E-state index in [0.717, 1.165) is 9.50 Å². The monoisotopic (exact) mass is 154 g/mol. The van der Waals surface area contributed by atoms with Crippen molar-refractivity contribution in [2.45, 2.75) is 19.5 Å². The summed E-state index contributed by atoms with van der Waals surface area (Å²) >= 11 is 4.48. The average molecular weight is 154 g/mol. The van der Waals surface area contributed by atoms with Crippen LogP contribution in [0.1, 0.15) is 13.8 Å². The van der Waals surface area contributed by atoms with Gasteiger partial charge in [0.25, 0.3) is 0 Å². The predicted molar refractivity (Wildman–Crippen MR) is 37.5 cm³/mol. The molecule has 42 valence electrons. The summed E-state index contributed by atoms with van der Waals surface area (Å²) in [5, 5.41) is 0. The topological polar surface area (TPSA) is 17.1 Å². The number of hydrogen-bond donors (Lipinski definition) is 0. The van der Waals surface area contributed by atoms with Crippen LogP contribution in [0.3, 0.4) is 0 Å². The SMILES string of the molecule is CC(C)P(=O)=S=S. The molecule has 0 bridgehead atoms. The first-order valence-corrected chi connectivity index (χ1v) is 5.62. The van der Waals surface area contributed by atoms with Gasteiger partial charge in [-0.1, -0.05) is 13.8 Å². The minimum atomic E-state index is -1.16. The van der Waals surface area contributed by atoms with Gasteiger partial charge in [-0.15, -0.1) is 0 Å². The van der Waals surface area contributed by atoms with Crippen molar-refractivity contribution in [2.24, 2.45) is 0 Å². The highest BCUT2D eigenvalue weighted by atomic mass is 32.9. The van der Waals surface area contributed by atoms with Crippen LogP contribution in [-0.2, 0) is 25.3 Å². The summed E-state index contributed by atoms with van der Waals surface area (Å²) in [5.74, 6) is 0. The Hall–Kier alpha value is 0.540. The molecule has 0 aliphatic carbocycles. The Bertz CT molecular complexity index is 141. The summed E-state index contributed by atoms with van der Waals surface area (Å²) in [7, 11) is 1.03. The molecule has 0 saturated carbocycles. The van der Waals surface area contributed by atoms with Crippen molar-refractivity contribution in [3.8, 4) is 0 Å². The van der Waals surface area contributed by atoms with Gasteiger partial charge in [-0.3, -0.25) is 4.57 Å². The molecule has 0 amide bonds. The van der Waals surface area contributed by atoms with E-state index in [0.29, 0.717) is 0 Å². The van der Waals surface area contributed by atoms with E-state index >= 15 is 0 Å². The van der Waals surface area contributed by atoms with Crippen molar-refractivity contribution in [1.29, 1.82) is 0 Å². The van der Waals surface area contributed by atoms with Crippen molar-refractivity contribution in [3.63, 3.8) is 0 Å². The molecule has 4 heteroatoms. The normalized spacial score (nSPS) is 11.6. The quantitative estimate of drug-likeness (QED) is 0.534. The number of rotatable bonds is 1. The summed E-state index contributed by atoms with van der Waals surface area (Å²) in [6.45, 7) is 2.65. The van der Waals surface area contributed by atoms with E-state index in [1.54, 1.807) is 0 Å². The van der Waals surface area contributed by atoms with Crippen molar-refractivity contribution >= 4 is 27.3 Å². The molecule has 1 nitrogen and oxygen atoms in total. The van der Waals surface area contributed by atoms with E-state index in [2.05, 4.69) is 11.2 Å². The van der Waals surface area contributed by atoms with Gasteiger partial charge in [-0.05, 0) is 20.7 Å². The maximum Gasteiger partial charge on any atom is 0.167 e. The van der Waals surface area contributed by atoms with E-state index < -0.39 is 6.58 Å². The van der Waals surface area contributed by atoms with Gasteiger partial charge in [0, 0.05) is 5.66 Å². The van der Waals surface area contributed by atoms with E-state index in [1.165, 1.54) is 0 Å². The van der Waals surface area contributed by atoms with Crippen LogP contribution in [0.5, 0.6) is 0 Å². The molecule has 0 aromatic rings. The second kappa shape index (κ2) is 3.53. The number of hydrogen-bond acceptors (Lipinski definition) is 2. The second-order valence-corrected chi connectivity index (χ2v) is 6.07. The van der Waals surface area contributed by atoms with Crippen LogP contribution in [0, 0.1) is 0 Å². The van der Waals surface area contributed by atoms with Crippen molar-refractivity contribution in [2.75, 3.05) is 0 Å². The Labute approximate surface area is 51.8 Å². The minimum Gasteiger partial charge on any atom is -0.270 e. The lowest BCUT2D eigenvalue weighted by Gasteiger charge is -1.83. The van der Waals surface area contributed by atoms with Gasteiger partial charge in [-0.2, -0.15) is 0 Å². The lowest BCUT2D eigenvalue weighted by molar-refractivity contribution is 0.593. The lowest BCUT2D eigenvalue weighted by atomic mass is 10.6. The molecule has 0 aromatic heterocycles. The molecule has 0 rings (SSSR count). The standard InChI is InChI=1S/C3H7OPS2/c1-3(2)5(4)7-6/h3H,1-2H3. The molecular formula is C3H7OPS2. The van der Waals surface area contributed by atoms with Gasteiger partial charge < -0.3 is 0 Å². The van der Waals surface area contributed by atoms with E-state index in [9.17, 15) is 4.57 Å². The molecule has 0 aliphatic rings. The Kier molecular flexibility index (Phi) is 3.80. The zero-order chi connectivity index (χ0) is 5.86. The maximum atomic E-state index is 10.5. The molecule has 0 fully saturated rings. The van der Waals surface area contributed by atoms with Crippen molar-refractivity contribution in [1.82, 2.24) is 0 Å². The molecule has 1 atom stereocenters. The summed E-state index contributed by atoms with van der Waals surface area (Å²) in [5.41, 5.74) is 0.234. The summed E-state index contributed by atoms with van der Waals surface area (Å²) in [6, 6.07) is 0. The summed E-state index contributed by atoms with van der Waals surface area (Å²) < 4.78 is 10.5. The van der Waals surface area contributed by atoms with Gasteiger partial charge in [0.15, 0.2) is 6.58 Å². The Morgan fingerprint density at radius 2 is 2.14 bits per heavy atom. The smallest absolute Gasteiger partial charge is 0.167 e. The van der Waals surface area contributed by atoms with E-state index in [1.807, 2.05) is 13.8 Å². The van der Waals surface area contributed by atoms with Crippen LogP contribution in [0.15, 0.2) is 0 Å². The summed E-state index contributed by atoms with van der Waals surface area (Å²) in [4.78, 5) is 0. The molecule has 0 radical (unpaired) electrons. The second-order valence-electron chi connectivity index (χ2n) is 1.45. The van der Waals surface area contributed by atoms with E-state index in [4.69, 9.17) is 0 Å². The highest BCUT2D eigenvalue weighted by Gasteiger charge is 1.90. The largest absolute Gasteiger partial charge is 0.270 e. The van der Waals surface area contributed by atoms with Gasteiger partial charge in [0.1, 0.15) is 0 Å². The molecule has 0 heterocycles. The van der Waals surface area contributed by atoms with E-state index in [-0.39, 0.29) is 5.66 Å². The molecule has 0 aromatic carbocycles. The third-order valence-corrected chi connectivity index (χ3v) is 4.51. The minimum absolute atomic E-state index is 0.234. The van der Waals surface area contributed by atoms with Crippen LogP contribution in [0.2, 0.25) is 0 Å². The maximum absolute atomic E-state index is 10.5. The van der Waals surface area contributed by atoms with Gasteiger partial charge in [-0.25, -0.2) is 0 Å². The highest BCUT2D eigenvalue weighted by molar-refractivity contribution is 8.32. The lowest BCUT2D eigenvalue weighted by Crippen LogP contribution is -1.76. The highest BCUT2D eigenvalue weighted by Crippen LogP contribution is 2.12. The van der Waals surface area contributed by atoms with Gasteiger partial charge in [0.2, 0.25) is 0 Å². The zero-order valence-electron chi connectivity index (χ0n) is 4.25. The Morgan fingerprint density at radius 3 is 2.14 bits per heavy atom. The van der Waals surface area contributed by atoms with Gasteiger partial charge >= 0.3 is 0 Å². The van der Waals surface area contributed by atoms with Crippen LogP contribution >= 0.6 is 6.58 Å². The Morgan fingerprint density at radius 1 is 1.71 bits per heavy atom. The van der Waals surface area contributed by atoms with Gasteiger partial charge in [0.05, 0.1) is 0 Å². The molecular weight excluding hydrogens is 147 g/mol. The molecule has 0 spiro atoms. The molecule has 0 N–H and O–H groups in total. The predicted octanol–water partition coefficient (Wildman–Crippen LogP) is 1.68. The van der Waals surface area contributed by atoms with Crippen LogP contribution in [0.25, 0.3) is 0 Å². The fraction of sp³-hybridized carbons (Fsp3) is 1.00. The first-order chi connectivity index (χ1) is 3.18.